The first-order valence-corrected chi connectivity index (χ1v) is 8.17. The predicted octanol–water partition coefficient (Wildman–Crippen LogP) is 1.33. The van der Waals surface area contributed by atoms with Crippen LogP contribution in [-0.2, 0) is 9.53 Å². The molecule has 0 aliphatic heterocycles. The van der Waals surface area contributed by atoms with Gasteiger partial charge in [-0.3, -0.25) is 9.36 Å². The van der Waals surface area contributed by atoms with E-state index in [0.717, 1.165) is 6.42 Å². The summed E-state index contributed by atoms with van der Waals surface area (Å²) in [4.78, 5) is 26.8. The van der Waals surface area contributed by atoms with Gasteiger partial charge >= 0.3 is 5.69 Å². The Morgan fingerprint density at radius 3 is 2.71 bits per heavy atom. The van der Waals surface area contributed by atoms with E-state index in [1.54, 1.807) is 6.20 Å². The normalized spacial score (nSPS) is 9.58. The minimum absolute atomic E-state index is 0.0252. The predicted molar refractivity (Wildman–Crippen MR) is 95.6 cm³/mol. The van der Waals surface area contributed by atoms with Gasteiger partial charge in [0.25, 0.3) is 0 Å². The first-order chi connectivity index (χ1) is 11.5. The second kappa shape index (κ2) is 12.1. The second-order valence-electron chi connectivity index (χ2n) is 4.95. The molecule has 0 atom stereocenters. The van der Waals surface area contributed by atoms with Crippen LogP contribution in [0.2, 0.25) is 0 Å². The lowest BCUT2D eigenvalue weighted by atomic mass is 10.3. The van der Waals surface area contributed by atoms with E-state index in [9.17, 15) is 9.59 Å². The van der Waals surface area contributed by atoms with Crippen molar-refractivity contribution in [3.8, 4) is 11.8 Å². The Bertz CT molecular complexity index is 627. The zero-order valence-electron chi connectivity index (χ0n) is 15.2. The molecule has 0 radical (unpaired) electrons. The van der Waals surface area contributed by atoms with Crippen LogP contribution >= 0.6 is 0 Å². The van der Waals surface area contributed by atoms with E-state index in [4.69, 9.17) is 10.5 Å². The van der Waals surface area contributed by atoms with Gasteiger partial charge in [-0.1, -0.05) is 32.6 Å². The Labute approximate surface area is 143 Å². The van der Waals surface area contributed by atoms with Crippen LogP contribution in [0.1, 0.15) is 52.6 Å². The second-order valence-corrected chi connectivity index (χ2v) is 4.95. The van der Waals surface area contributed by atoms with Crippen LogP contribution in [0.4, 0.5) is 5.82 Å². The fourth-order valence-corrected chi connectivity index (χ4v) is 1.59. The summed E-state index contributed by atoms with van der Waals surface area (Å²) >= 11 is 0. The van der Waals surface area contributed by atoms with Crippen molar-refractivity contribution >= 4 is 11.7 Å². The monoisotopic (exact) mass is 336 g/mol. The number of nitrogen functional groups attached to an aromatic ring is 1. The number of anilines is 1. The first kappa shape index (κ1) is 21.7. The number of carbonyl (C=O) groups is 1. The maximum Gasteiger partial charge on any atom is 0.349 e. The molecule has 0 saturated heterocycles. The van der Waals surface area contributed by atoms with Crippen LogP contribution < -0.4 is 16.7 Å². The molecule has 0 spiro atoms. The average Bonchev–Trinajstić information content (AvgIpc) is 2.55. The Balaban J connectivity index is 0.00000254. The van der Waals surface area contributed by atoms with Gasteiger partial charge in [0.1, 0.15) is 12.4 Å². The number of carbonyl (C=O) groups excluding carboxylic acids is 1. The third kappa shape index (κ3) is 7.79. The SMILES string of the molecule is CC.CCCOCC(=O)NCC#Cc1cn(C(C)C)c(=O)nc1N. The molecule has 0 bridgehead atoms. The Kier molecular flexibility index (Phi) is 11.0. The van der Waals surface area contributed by atoms with Gasteiger partial charge in [-0.05, 0) is 20.3 Å². The Morgan fingerprint density at radius 2 is 2.12 bits per heavy atom. The summed E-state index contributed by atoms with van der Waals surface area (Å²) in [6, 6.07) is -0.0310. The molecule has 0 unspecified atom stereocenters. The van der Waals surface area contributed by atoms with E-state index in [2.05, 4.69) is 22.1 Å². The molecule has 0 aliphatic carbocycles. The molecule has 7 heteroatoms. The van der Waals surface area contributed by atoms with E-state index in [1.807, 2.05) is 34.6 Å². The van der Waals surface area contributed by atoms with Gasteiger partial charge in [-0.15, -0.1) is 0 Å². The fraction of sp³-hybridized carbons (Fsp3) is 0.588. The van der Waals surface area contributed by atoms with E-state index in [0.29, 0.717) is 12.2 Å². The number of ether oxygens (including phenoxy) is 1. The summed E-state index contributed by atoms with van der Waals surface area (Å²) in [5.41, 5.74) is 5.74. The molecule has 1 aromatic heterocycles. The van der Waals surface area contributed by atoms with E-state index < -0.39 is 5.69 Å². The van der Waals surface area contributed by atoms with Crippen molar-refractivity contribution < 1.29 is 9.53 Å². The van der Waals surface area contributed by atoms with Crippen molar-refractivity contribution in [2.75, 3.05) is 25.5 Å². The highest BCUT2D eigenvalue weighted by molar-refractivity contribution is 5.77. The summed E-state index contributed by atoms with van der Waals surface area (Å²) in [5.74, 6) is 5.45. The van der Waals surface area contributed by atoms with Crippen molar-refractivity contribution in [2.45, 2.75) is 47.1 Å². The lowest BCUT2D eigenvalue weighted by Crippen LogP contribution is -2.28. The van der Waals surface area contributed by atoms with Crippen LogP contribution in [0.5, 0.6) is 0 Å². The maximum atomic E-state index is 11.6. The summed E-state index contributed by atoms with van der Waals surface area (Å²) in [6.07, 6.45) is 2.44. The van der Waals surface area contributed by atoms with Crippen molar-refractivity contribution in [1.29, 1.82) is 0 Å². The molecule has 7 nitrogen and oxygen atoms in total. The van der Waals surface area contributed by atoms with Crippen molar-refractivity contribution in [2.24, 2.45) is 0 Å². The number of nitrogens with two attached hydrogens (primary N) is 1. The average molecular weight is 336 g/mol. The number of rotatable bonds is 6. The minimum atomic E-state index is -0.403. The van der Waals surface area contributed by atoms with Gasteiger partial charge in [-0.2, -0.15) is 4.98 Å². The molecule has 134 valence electrons. The summed E-state index contributed by atoms with van der Waals surface area (Å²) in [6.45, 7) is 10.5. The number of hydrogen-bond acceptors (Lipinski definition) is 5. The zero-order valence-corrected chi connectivity index (χ0v) is 15.2. The van der Waals surface area contributed by atoms with E-state index >= 15 is 0 Å². The molecule has 0 aromatic carbocycles. The van der Waals surface area contributed by atoms with Crippen molar-refractivity contribution in [1.82, 2.24) is 14.9 Å². The molecule has 3 N–H and O–H groups in total. The molecule has 1 rings (SSSR count). The number of hydrogen-bond donors (Lipinski definition) is 2. The largest absolute Gasteiger partial charge is 0.382 e. The maximum absolute atomic E-state index is 11.6. The van der Waals surface area contributed by atoms with Crippen LogP contribution in [-0.4, -0.2) is 35.2 Å². The highest BCUT2D eigenvalue weighted by Crippen LogP contribution is 2.06. The Morgan fingerprint density at radius 1 is 1.46 bits per heavy atom. The van der Waals surface area contributed by atoms with Gasteiger partial charge < -0.3 is 15.8 Å². The molecule has 1 aromatic rings. The standard InChI is InChI=1S/C15H22N4O3.C2H6/c1-4-8-22-10-13(20)17-7-5-6-12-9-19(11(2)3)15(21)18-14(12)16;1-2/h9,11H,4,7-8,10H2,1-3H3,(H,17,20)(H2,16,18,21);1-2H3. The smallest absolute Gasteiger partial charge is 0.349 e. The van der Waals surface area contributed by atoms with Crippen LogP contribution in [0.15, 0.2) is 11.0 Å². The molecule has 0 saturated carbocycles. The van der Waals surface area contributed by atoms with Gasteiger partial charge in [-0.25, -0.2) is 4.79 Å². The lowest BCUT2D eigenvalue weighted by molar-refractivity contribution is -0.125. The lowest BCUT2D eigenvalue weighted by Gasteiger charge is -2.09. The molecule has 1 amide bonds. The molecular weight excluding hydrogens is 308 g/mol. The molecule has 0 aliphatic rings. The van der Waals surface area contributed by atoms with Gasteiger partial charge in [0.05, 0.1) is 12.1 Å². The molecule has 0 fully saturated rings. The number of nitrogens with zero attached hydrogens (tertiary/aromatic N) is 2. The molecule has 1 heterocycles. The number of nitrogens with one attached hydrogen (secondary N) is 1. The van der Waals surface area contributed by atoms with Gasteiger partial charge in [0, 0.05) is 18.8 Å². The highest BCUT2D eigenvalue weighted by Gasteiger charge is 2.06. The van der Waals surface area contributed by atoms with E-state index in [1.165, 1.54) is 4.57 Å². The molecular formula is C17H28N4O3. The quantitative estimate of drug-likeness (QED) is 0.603. The number of aromatic nitrogens is 2. The Hall–Kier alpha value is -2.33. The first-order valence-electron chi connectivity index (χ1n) is 8.17. The minimum Gasteiger partial charge on any atom is -0.382 e. The topological polar surface area (TPSA) is 99.2 Å². The van der Waals surface area contributed by atoms with Gasteiger partial charge in [0.15, 0.2) is 0 Å². The van der Waals surface area contributed by atoms with Crippen molar-refractivity contribution in [3.05, 3.63) is 22.2 Å². The third-order valence-corrected chi connectivity index (χ3v) is 2.72. The van der Waals surface area contributed by atoms with Gasteiger partial charge in [0.2, 0.25) is 5.91 Å². The van der Waals surface area contributed by atoms with E-state index in [-0.39, 0.29) is 30.9 Å². The third-order valence-electron chi connectivity index (χ3n) is 2.72. The van der Waals surface area contributed by atoms with Crippen LogP contribution in [0.25, 0.3) is 0 Å². The van der Waals surface area contributed by atoms with Crippen LogP contribution in [0, 0.1) is 11.8 Å². The van der Waals surface area contributed by atoms with Crippen molar-refractivity contribution in [3.63, 3.8) is 0 Å². The molecule has 24 heavy (non-hydrogen) atoms. The summed E-state index contributed by atoms with van der Waals surface area (Å²) in [7, 11) is 0. The highest BCUT2D eigenvalue weighted by atomic mass is 16.5. The summed E-state index contributed by atoms with van der Waals surface area (Å²) in [5, 5.41) is 2.61. The van der Waals surface area contributed by atoms with Crippen LogP contribution in [0.3, 0.4) is 0 Å². The fourth-order valence-electron chi connectivity index (χ4n) is 1.59. The summed E-state index contributed by atoms with van der Waals surface area (Å²) < 4.78 is 6.56. The zero-order chi connectivity index (χ0) is 18.5. The number of amides is 1.